The predicted molar refractivity (Wildman–Crippen MR) is 124 cm³/mol. The number of hydrazine groups is 1. The third kappa shape index (κ3) is 4.42. The molecule has 166 valence electrons. The van der Waals surface area contributed by atoms with Gasteiger partial charge in [0.25, 0.3) is 17.4 Å². The fraction of sp³-hybridized carbons (Fsp3) is 0.360. The van der Waals surface area contributed by atoms with Gasteiger partial charge in [0, 0.05) is 10.9 Å². The third-order valence-corrected chi connectivity index (χ3v) is 6.07. The number of carbonyl (C=O) groups excluding carboxylic acids is 2. The molecule has 1 saturated carbocycles. The quantitative estimate of drug-likeness (QED) is 0.607. The summed E-state index contributed by atoms with van der Waals surface area (Å²) in [5, 5.41) is 5.11. The second-order valence-corrected chi connectivity index (χ2v) is 8.60. The Morgan fingerprint density at radius 2 is 1.53 bits per heavy atom. The molecule has 2 aromatic carbocycles. The van der Waals surface area contributed by atoms with Crippen LogP contribution in [-0.2, 0) is 0 Å². The lowest BCUT2D eigenvalue weighted by atomic mass is 9.84. The van der Waals surface area contributed by atoms with Gasteiger partial charge in [0.05, 0.1) is 11.4 Å². The summed E-state index contributed by atoms with van der Waals surface area (Å²) in [6.45, 7) is 3.65. The Hall–Kier alpha value is -3.48. The Balaban J connectivity index is 1.49. The highest BCUT2D eigenvalue weighted by molar-refractivity contribution is 6.06. The minimum absolute atomic E-state index is 0.0850. The normalized spacial score (nSPS) is 14.5. The number of rotatable bonds is 4. The Labute approximate surface area is 186 Å². The number of benzene rings is 2. The van der Waals surface area contributed by atoms with Crippen molar-refractivity contribution in [1.82, 2.24) is 20.6 Å². The van der Waals surface area contributed by atoms with Gasteiger partial charge in [-0.25, -0.2) is 4.68 Å². The maximum absolute atomic E-state index is 12.8. The molecule has 0 bridgehead atoms. The zero-order chi connectivity index (χ0) is 22.7. The van der Waals surface area contributed by atoms with E-state index in [9.17, 15) is 14.4 Å². The first-order valence-electron chi connectivity index (χ1n) is 11.2. The van der Waals surface area contributed by atoms with Crippen molar-refractivity contribution < 1.29 is 9.59 Å². The lowest BCUT2D eigenvalue weighted by Gasteiger charge is -2.22. The maximum Gasteiger partial charge on any atom is 0.290 e. The lowest BCUT2D eigenvalue weighted by Crippen LogP contribution is -2.43. The second kappa shape index (κ2) is 9.34. The first-order valence-corrected chi connectivity index (χ1v) is 11.2. The largest absolute Gasteiger partial charge is 0.290 e. The number of carbonyl (C=O) groups is 2. The van der Waals surface area contributed by atoms with E-state index in [1.54, 1.807) is 36.4 Å². The van der Waals surface area contributed by atoms with Crippen molar-refractivity contribution in [3.63, 3.8) is 0 Å². The molecule has 0 aliphatic heterocycles. The lowest BCUT2D eigenvalue weighted by molar-refractivity contribution is 0.0843. The predicted octanol–water partition coefficient (Wildman–Crippen LogP) is 4.10. The zero-order valence-electron chi connectivity index (χ0n) is 18.4. The topological polar surface area (TPSA) is 93.1 Å². The van der Waals surface area contributed by atoms with E-state index in [0.717, 1.165) is 0 Å². The molecule has 7 heteroatoms. The molecule has 0 radical (unpaired) electrons. The van der Waals surface area contributed by atoms with Gasteiger partial charge >= 0.3 is 0 Å². The van der Waals surface area contributed by atoms with Crippen LogP contribution in [0.25, 0.3) is 10.8 Å². The van der Waals surface area contributed by atoms with Crippen molar-refractivity contribution >= 4 is 22.6 Å². The zero-order valence-corrected chi connectivity index (χ0v) is 18.4. The van der Waals surface area contributed by atoms with Crippen LogP contribution in [0.4, 0.5) is 0 Å². The highest BCUT2D eigenvalue weighted by atomic mass is 16.2. The SMILES string of the molecule is CC(C)n1nc(C(=O)NNC(=O)c2ccc(C3CCCCC3)cc2)c2ccccc2c1=O. The van der Waals surface area contributed by atoms with Crippen LogP contribution in [0.1, 0.15) is 84.3 Å². The third-order valence-electron chi connectivity index (χ3n) is 6.07. The number of fused-ring (bicyclic) bond motifs is 1. The average molecular weight is 433 g/mol. The molecule has 2 N–H and O–H groups in total. The minimum atomic E-state index is -0.581. The smallest absolute Gasteiger partial charge is 0.267 e. The summed E-state index contributed by atoms with van der Waals surface area (Å²) >= 11 is 0. The highest BCUT2D eigenvalue weighted by Crippen LogP contribution is 2.32. The van der Waals surface area contributed by atoms with Crippen molar-refractivity contribution in [2.24, 2.45) is 0 Å². The Morgan fingerprint density at radius 1 is 0.906 bits per heavy atom. The van der Waals surface area contributed by atoms with E-state index in [2.05, 4.69) is 16.0 Å². The van der Waals surface area contributed by atoms with Crippen LogP contribution in [0, 0.1) is 0 Å². The van der Waals surface area contributed by atoms with E-state index < -0.39 is 11.8 Å². The van der Waals surface area contributed by atoms with Crippen LogP contribution in [0.5, 0.6) is 0 Å². The molecule has 1 aliphatic carbocycles. The molecule has 32 heavy (non-hydrogen) atoms. The monoisotopic (exact) mass is 432 g/mol. The summed E-state index contributed by atoms with van der Waals surface area (Å²) in [5.74, 6) is -0.422. The molecule has 1 heterocycles. The maximum atomic E-state index is 12.8. The molecule has 2 amide bonds. The first kappa shape index (κ1) is 21.7. The Bertz CT molecular complexity index is 1190. The summed E-state index contributed by atoms with van der Waals surface area (Å²) in [6.07, 6.45) is 6.20. The summed E-state index contributed by atoms with van der Waals surface area (Å²) < 4.78 is 1.28. The van der Waals surface area contributed by atoms with Crippen LogP contribution < -0.4 is 16.4 Å². The molecule has 3 aromatic rings. The number of nitrogens with zero attached hydrogens (tertiary/aromatic N) is 2. The van der Waals surface area contributed by atoms with E-state index in [0.29, 0.717) is 22.3 Å². The fourth-order valence-electron chi connectivity index (χ4n) is 4.31. The van der Waals surface area contributed by atoms with Crippen LogP contribution in [0.2, 0.25) is 0 Å². The molecule has 0 saturated heterocycles. The van der Waals surface area contributed by atoms with Gasteiger partial charge in [0.2, 0.25) is 0 Å². The van der Waals surface area contributed by atoms with Crippen LogP contribution in [0.15, 0.2) is 53.3 Å². The molecule has 7 nitrogen and oxygen atoms in total. The second-order valence-electron chi connectivity index (χ2n) is 8.60. The van der Waals surface area contributed by atoms with E-state index in [-0.39, 0.29) is 17.3 Å². The molecule has 1 aromatic heterocycles. The van der Waals surface area contributed by atoms with E-state index in [4.69, 9.17) is 0 Å². The van der Waals surface area contributed by atoms with E-state index in [1.807, 2.05) is 26.0 Å². The summed E-state index contributed by atoms with van der Waals surface area (Å²) in [7, 11) is 0. The van der Waals surface area contributed by atoms with Gasteiger partial charge in [-0.3, -0.25) is 25.2 Å². The Morgan fingerprint density at radius 3 is 2.19 bits per heavy atom. The van der Waals surface area contributed by atoms with Crippen molar-refractivity contribution in [2.45, 2.75) is 57.9 Å². The van der Waals surface area contributed by atoms with Gasteiger partial charge in [-0.1, -0.05) is 49.6 Å². The van der Waals surface area contributed by atoms with Crippen LogP contribution in [-0.4, -0.2) is 21.6 Å². The average Bonchev–Trinajstić information content (AvgIpc) is 2.83. The van der Waals surface area contributed by atoms with Crippen molar-refractivity contribution in [1.29, 1.82) is 0 Å². The van der Waals surface area contributed by atoms with Gasteiger partial charge in [-0.2, -0.15) is 5.10 Å². The summed E-state index contributed by atoms with van der Waals surface area (Å²) in [4.78, 5) is 38.0. The van der Waals surface area contributed by atoms with Crippen LogP contribution >= 0.6 is 0 Å². The summed E-state index contributed by atoms with van der Waals surface area (Å²) in [6, 6.07) is 14.2. The van der Waals surface area contributed by atoms with Crippen molar-refractivity contribution in [2.75, 3.05) is 0 Å². The summed E-state index contributed by atoms with van der Waals surface area (Å²) in [5.41, 5.74) is 6.45. The molecule has 0 spiro atoms. The van der Waals surface area contributed by atoms with Gasteiger partial charge < -0.3 is 0 Å². The molecule has 4 rings (SSSR count). The van der Waals surface area contributed by atoms with Crippen molar-refractivity contribution in [3.8, 4) is 0 Å². The van der Waals surface area contributed by atoms with Crippen molar-refractivity contribution in [3.05, 3.63) is 75.7 Å². The van der Waals surface area contributed by atoms with Gasteiger partial charge in [0.1, 0.15) is 0 Å². The molecular weight excluding hydrogens is 404 g/mol. The fourth-order valence-corrected chi connectivity index (χ4v) is 4.31. The Kier molecular flexibility index (Phi) is 6.35. The van der Waals surface area contributed by atoms with Crippen LogP contribution in [0.3, 0.4) is 0 Å². The van der Waals surface area contributed by atoms with E-state index in [1.165, 1.54) is 42.3 Å². The number of hydrogen-bond donors (Lipinski definition) is 2. The highest BCUT2D eigenvalue weighted by Gasteiger charge is 2.19. The first-order chi connectivity index (χ1) is 15.5. The molecule has 1 fully saturated rings. The number of amides is 2. The van der Waals surface area contributed by atoms with Gasteiger partial charge in [-0.15, -0.1) is 0 Å². The number of nitrogens with one attached hydrogen (secondary N) is 2. The standard InChI is InChI=1S/C25H28N4O3/c1-16(2)29-25(32)21-11-7-6-10-20(21)22(28-29)24(31)27-26-23(30)19-14-12-18(13-15-19)17-8-4-3-5-9-17/h6-7,10-17H,3-5,8-9H2,1-2H3,(H,26,30)(H,27,31). The molecule has 0 unspecified atom stereocenters. The molecular formula is C25H28N4O3. The molecule has 0 atom stereocenters. The van der Waals surface area contributed by atoms with E-state index >= 15 is 0 Å². The number of hydrogen-bond acceptors (Lipinski definition) is 4. The minimum Gasteiger partial charge on any atom is -0.267 e. The van der Waals surface area contributed by atoms with Gasteiger partial charge in [-0.05, 0) is 56.4 Å². The molecule has 1 aliphatic rings. The number of aromatic nitrogens is 2. The van der Waals surface area contributed by atoms with Gasteiger partial charge in [0.15, 0.2) is 5.69 Å².